The number of hydrogen-bond donors (Lipinski definition) is 0. The van der Waals surface area contributed by atoms with Crippen LogP contribution in [0.3, 0.4) is 0 Å². The zero-order valence-electron chi connectivity index (χ0n) is 32.8. The number of nitrogens with zero attached hydrogens (tertiary/aromatic N) is 3. The Morgan fingerprint density at radius 1 is 0.500 bits per heavy atom. The van der Waals surface area contributed by atoms with E-state index < -0.39 is 5.97 Å². The predicted octanol–water partition coefficient (Wildman–Crippen LogP) is 14.8. The zero-order chi connectivity index (χ0) is 41.9. The summed E-state index contributed by atoms with van der Waals surface area (Å²) in [7, 11) is 0. The molecule has 9 aromatic rings. The van der Waals surface area contributed by atoms with E-state index in [9.17, 15) is 4.79 Å². The van der Waals surface area contributed by atoms with Crippen molar-refractivity contribution in [3.63, 3.8) is 0 Å². The first-order valence-corrected chi connectivity index (χ1v) is 21.6. The number of halogens is 3. The summed E-state index contributed by atoms with van der Waals surface area (Å²) in [6.07, 6.45) is 5.30. The maximum Gasteiger partial charge on any atom is 3.00 e. The minimum atomic E-state index is -0.516. The van der Waals surface area contributed by atoms with Crippen LogP contribution < -0.4 is 4.74 Å². The standard InChI is InChI=1S/C53H31Br3N3O2.Ir/c1-33-11-10-26-59-52(33)36-20-23-51(48(56)32-36)61-53(60)39-28-37(40-12-2-4-14-42(40)44-21-18-34(30-46(44)54)49-16-6-8-24-57-49)27-38(29-39)41-13-3-5-15-43(41)45-22-19-35(31-47(45)55)50-17-7-9-25-58-50;/h2-17,21-32H,1H3;/q-3;+3. The Morgan fingerprint density at radius 2 is 0.984 bits per heavy atom. The normalized spacial score (nSPS) is 10.8. The SMILES string of the molecule is Cc1cccnc1-c1[c-]cc(OC(=O)c2cc(-c3ccccc3-c3c[c-]c(-c4ccccn4)cc3Br)cc(-c3ccccc3-c3c[c-]c(-c4ccccn4)cc3Br)c2)c(Br)c1.[Ir+3]. The van der Waals surface area contributed by atoms with E-state index in [0.29, 0.717) is 15.8 Å². The largest absolute Gasteiger partial charge is 3.00 e. The van der Waals surface area contributed by atoms with Gasteiger partial charge in [0.2, 0.25) is 0 Å². The van der Waals surface area contributed by atoms with Crippen LogP contribution in [0.4, 0.5) is 0 Å². The first kappa shape index (κ1) is 43.0. The number of rotatable bonds is 9. The third-order valence-electron chi connectivity index (χ3n) is 10.2. The zero-order valence-corrected chi connectivity index (χ0v) is 39.9. The van der Waals surface area contributed by atoms with E-state index in [1.165, 1.54) is 0 Å². The number of ether oxygens (including phenoxy) is 1. The molecular weight excluding hydrogens is 1140 g/mol. The number of carbonyl (C=O) groups is 1. The molecule has 0 saturated heterocycles. The third-order valence-corrected chi connectivity index (χ3v) is 12.2. The minimum Gasteiger partial charge on any atom is -0.470 e. The van der Waals surface area contributed by atoms with Crippen molar-refractivity contribution in [2.24, 2.45) is 0 Å². The van der Waals surface area contributed by atoms with Crippen molar-refractivity contribution in [2.75, 3.05) is 0 Å². The molecule has 300 valence electrons. The second kappa shape index (κ2) is 19.2. The molecule has 0 unspecified atom stereocenters. The Morgan fingerprint density at radius 3 is 1.47 bits per heavy atom. The molecule has 0 fully saturated rings. The fourth-order valence-electron chi connectivity index (χ4n) is 7.27. The van der Waals surface area contributed by atoms with Crippen LogP contribution in [0, 0.1) is 25.1 Å². The molecule has 0 aliphatic heterocycles. The fraction of sp³-hybridized carbons (Fsp3) is 0.0189. The second-order valence-corrected chi connectivity index (χ2v) is 16.7. The third kappa shape index (κ3) is 9.10. The van der Waals surface area contributed by atoms with E-state index >= 15 is 0 Å². The van der Waals surface area contributed by atoms with Crippen molar-refractivity contribution < 1.29 is 29.6 Å². The van der Waals surface area contributed by atoms with Crippen molar-refractivity contribution in [2.45, 2.75) is 6.92 Å². The van der Waals surface area contributed by atoms with Crippen LogP contribution in [0.1, 0.15) is 15.9 Å². The van der Waals surface area contributed by atoms with Crippen molar-refractivity contribution in [3.8, 4) is 84.0 Å². The monoisotopic (exact) mass is 1170 g/mol. The molecule has 9 rings (SSSR count). The number of carbonyl (C=O) groups excluding carboxylic acids is 1. The van der Waals surface area contributed by atoms with Gasteiger partial charge in [0.15, 0.2) is 0 Å². The van der Waals surface area contributed by atoms with Gasteiger partial charge in [0, 0.05) is 18.6 Å². The van der Waals surface area contributed by atoms with Gasteiger partial charge in [0.05, 0.1) is 11.3 Å². The quantitative estimate of drug-likeness (QED) is 0.0819. The second-order valence-electron chi connectivity index (χ2n) is 14.2. The number of pyridine rings is 3. The van der Waals surface area contributed by atoms with Crippen molar-refractivity contribution in [3.05, 3.63) is 213 Å². The Hall–Kier alpha value is -5.67. The molecule has 5 nitrogen and oxygen atoms in total. The number of aromatic nitrogens is 3. The first-order chi connectivity index (χ1) is 29.8. The van der Waals surface area contributed by atoms with Crippen LogP contribution in [-0.2, 0) is 20.1 Å². The van der Waals surface area contributed by atoms with Crippen LogP contribution in [0.25, 0.3) is 78.3 Å². The van der Waals surface area contributed by atoms with E-state index in [1.807, 2.05) is 122 Å². The van der Waals surface area contributed by atoms with Crippen LogP contribution in [-0.4, -0.2) is 20.9 Å². The fourth-order valence-corrected chi connectivity index (χ4v) is 8.81. The van der Waals surface area contributed by atoms with Crippen molar-refractivity contribution >= 4 is 53.8 Å². The first-order valence-electron chi connectivity index (χ1n) is 19.3. The van der Waals surface area contributed by atoms with Crippen LogP contribution in [0.15, 0.2) is 184 Å². The summed E-state index contributed by atoms with van der Waals surface area (Å²) >= 11 is 11.4. The topological polar surface area (TPSA) is 65.0 Å². The van der Waals surface area contributed by atoms with Gasteiger partial charge in [-0.3, -0.25) is 0 Å². The molecule has 3 heterocycles. The number of benzene rings is 6. The van der Waals surface area contributed by atoms with E-state index in [4.69, 9.17) is 4.74 Å². The summed E-state index contributed by atoms with van der Waals surface area (Å²) < 4.78 is 8.53. The molecule has 0 aliphatic carbocycles. The molecule has 0 aliphatic rings. The molecule has 0 saturated carbocycles. The van der Waals surface area contributed by atoms with Gasteiger partial charge in [0.1, 0.15) is 0 Å². The maximum atomic E-state index is 14.4. The summed E-state index contributed by atoms with van der Waals surface area (Å²) in [5.74, 6) is -0.174. The average Bonchev–Trinajstić information content (AvgIpc) is 3.30. The van der Waals surface area contributed by atoms with Crippen molar-refractivity contribution in [1.82, 2.24) is 15.0 Å². The average molecular weight is 1170 g/mol. The summed E-state index contributed by atoms with van der Waals surface area (Å²) in [5.41, 5.74) is 13.7. The minimum absolute atomic E-state index is 0. The van der Waals surface area contributed by atoms with Crippen LogP contribution in [0.5, 0.6) is 5.75 Å². The summed E-state index contributed by atoms with van der Waals surface area (Å²) in [4.78, 5) is 28.0. The molecule has 0 bridgehead atoms. The Kier molecular flexibility index (Phi) is 13.3. The summed E-state index contributed by atoms with van der Waals surface area (Å²) in [6, 6.07) is 59.5. The van der Waals surface area contributed by atoms with Gasteiger partial charge >= 0.3 is 26.1 Å². The van der Waals surface area contributed by atoms with Crippen LogP contribution >= 0.6 is 47.8 Å². The van der Waals surface area contributed by atoms with Gasteiger partial charge in [-0.1, -0.05) is 163 Å². The maximum absolute atomic E-state index is 14.4. The molecule has 3 aromatic heterocycles. The van der Waals surface area contributed by atoms with E-state index in [1.54, 1.807) is 24.7 Å². The summed E-state index contributed by atoms with van der Waals surface area (Å²) in [5, 5.41) is 0. The Labute approximate surface area is 399 Å². The smallest absolute Gasteiger partial charge is 0.470 e. The Bertz CT molecular complexity index is 2940. The molecular formula is C53H31Br3IrN3O2. The molecule has 62 heavy (non-hydrogen) atoms. The molecule has 0 N–H and O–H groups in total. The van der Waals surface area contributed by atoms with Gasteiger partial charge in [-0.2, -0.15) is 0 Å². The van der Waals surface area contributed by atoms with E-state index in [2.05, 4.69) is 111 Å². The molecule has 6 aromatic carbocycles. The summed E-state index contributed by atoms with van der Waals surface area (Å²) in [6.45, 7) is 2.00. The van der Waals surface area contributed by atoms with Gasteiger partial charge in [-0.25, -0.2) is 4.79 Å². The van der Waals surface area contributed by atoms with Gasteiger partial charge in [-0.05, 0) is 87.1 Å². The van der Waals surface area contributed by atoms with E-state index in [0.717, 1.165) is 92.8 Å². The molecule has 9 heteroatoms. The Balaban J connectivity index is 0.00000529. The molecule has 0 atom stereocenters. The molecule has 0 amide bonds. The van der Waals surface area contributed by atoms with E-state index in [-0.39, 0.29) is 20.1 Å². The van der Waals surface area contributed by atoms with Crippen LogP contribution in [0.2, 0.25) is 0 Å². The number of aryl methyl sites for hydroxylation is 1. The van der Waals surface area contributed by atoms with Crippen molar-refractivity contribution in [1.29, 1.82) is 0 Å². The van der Waals surface area contributed by atoms with Gasteiger partial charge in [0.25, 0.3) is 0 Å². The van der Waals surface area contributed by atoms with Gasteiger partial charge < -0.3 is 19.7 Å². The number of hydrogen-bond acceptors (Lipinski definition) is 5. The molecule has 0 radical (unpaired) electrons. The predicted molar refractivity (Wildman–Crippen MR) is 254 cm³/mol. The number of esters is 1. The van der Waals surface area contributed by atoms with Gasteiger partial charge in [-0.15, -0.1) is 71.3 Å². The molecule has 0 spiro atoms.